The first kappa shape index (κ1) is 30.2. The van der Waals surface area contributed by atoms with Crippen molar-refractivity contribution in [2.75, 3.05) is 6.61 Å². The van der Waals surface area contributed by atoms with Gasteiger partial charge < -0.3 is 18.4 Å². The average molecular weight is 495 g/mol. The highest BCUT2D eigenvalue weighted by Gasteiger charge is 2.44. The van der Waals surface area contributed by atoms with Crippen LogP contribution in [0.2, 0.25) is 36.3 Å². The molecule has 0 bridgehead atoms. The molecule has 6 heteroatoms. The van der Waals surface area contributed by atoms with Crippen molar-refractivity contribution in [1.82, 2.24) is 0 Å². The molecular weight excluding hydrogens is 444 g/mol. The lowest BCUT2D eigenvalue weighted by atomic mass is 10.00. The molecule has 0 saturated heterocycles. The minimum atomic E-state index is -2.05. The van der Waals surface area contributed by atoms with Gasteiger partial charge in [-0.3, -0.25) is 0 Å². The Labute approximate surface area is 206 Å². The van der Waals surface area contributed by atoms with E-state index in [4.69, 9.17) is 13.6 Å². The summed E-state index contributed by atoms with van der Waals surface area (Å²) in [6.07, 6.45) is 2.24. The topological polar surface area (TPSA) is 44.8 Å². The summed E-state index contributed by atoms with van der Waals surface area (Å²) in [7, 11) is -4.10. The Bertz CT molecular complexity index is 705. The Hall–Kier alpha value is -0.796. The molecule has 0 unspecified atom stereocenters. The zero-order valence-electron chi connectivity index (χ0n) is 23.2. The lowest BCUT2D eigenvalue weighted by Crippen LogP contribution is -2.52. The second-order valence-electron chi connectivity index (χ2n) is 12.5. The highest BCUT2D eigenvalue weighted by Crippen LogP contribution is 2.41. The fourth-order valence-corrected chi connectivity index (χ4v) is 5.83. The van der Waals surface area contributed by atoms with E-state index >= 15 is 0 Å². The van der Waals surface area contributed by atoms with Crippen LogP contribution in [0.4, 0.5) is 0 Å². The summed E-state index contributed by atoms with van der Waals surface area (Å²) in [5, 5.41) is 0.176. The van der Waals surface area contributed by atoms with E-state index < -0.39 is 16.6 Å². The van der Waals surface area contributed by atoms with Gasteiger partial charge in [-0.25, -0.2) is 0 Å². The number of hydrogen-bond donors (Lipinski definition) is 0. The van der Waals surface area contributed by atoms with E-state index in [0.717, 1.165) is 12.7 Å². The second-order valence-corrected chi connectivity index (χ2v) is 22.0. The van der Waals surface area contributed by atoms with Crippen LogP contribution >= 0.6 is 0 Å². The number of hydrogen-bond acceptors (Lipinski definition) is 4. The molecule has 1 aromatic rings. The van der Waals surface area contributed by atoms with Crippen molar-refractivity contribution >= 4 is 22.9 Å². The molecule has 190 valence electrons. The first-order valence-corrected chi connectivity index (χ1v) is 18.2. The Balaban J connectivity index is 3.11. The molecule has 0 aliphatic carbocycles. The molecule has 4 nitrogen and oxygen atoms in total. The van der Waals surface area contributed by atoms with Crippen molar-refractivity contribution in [3.8, 4) is 0 Å². The zero-order chi connectivity index (χ0) is 25.5. The molecule has 0 aliphatic rings. The molecule has 0 spiro atoms. The number of carbonyl (C=O) groups excluding carboxylic acids is 1. The lowest BCUT2D eigenvalue weighted by molar-refractivity contribution is -0.112. The minimum Gasteiger partial charge on any atom is -0.411 e. The van der Waals surface area contributed by atoms with Crippen LogP contribution in [0.1, 0.15) is 66.9 Å². The molecule has 0 aliphatic heterocycles. The SMILES string of the molecule is C[C@H](C=O)C[C@H](O[Si](C)(C)C(C)(C)C)[C@H](CCOCc1ccccc1)O[Si](C)(C)C(C)(C)C. The van der Waals surface area contributed by atoms with E-state index in [1.54, 1.807) is 0 Å². The molecule has 3 atom stereocenters. The Morgan fingerprint density at radius 3 is 1.79 bits per heavy atom. The number of rotatable bonds is 13. The van der Waals surface area contributed by atoms with Crippen LogP contribution in [-0.2, 0) is 25.0 Å². The van der Waals surface area contributed by atoms with Gasteiger partial charge in [0.25, 0.3) is 0 Å². The summed E-state index contributed by atoms with van der Waals surface area (Å²) >= 11 is 0. The molecule has 0 heterocycles. The molecule has 0 radical (unpaired) electrons. The predicted octanol–water partition coefficient (Wildman–Crippen LogP) is 7.60. The first-order chi connectivity index (χ1) is 15.0. The van der Waals surface area contributed by atoms with Gasteiger partial charge >= 0.3 is 0 Å². The van der Waals surface area contributed by atoms with Gasteiger partial charge in [0.1, 0.15) is 6.29 Å². The highest BCUT2D eigenvalue weighted by molar-refractivity contribution is 6.74. The van der Waals surface area contributed by atoms with Gasteiger partial charge in [0, 0.05) is 12.5 Å². The summed E-state index contributed by atoms with van der Waals surface area (Å²) in [6.45, 7) is 25.9. The van der Waals surface area contributed by atoms with Crippen LogP contribution in [0.5, 0.6) is 0 Å². The van der Waals surface area contributed by atoms with Crippen LogP contribution in [-0.4, -0.2) is 41.7 Å². The van der Waals surface area contributed by atoms with Gasteiger partial charge in [-0.15, -0.1) is 0 Å². The monoisotopic (exact) mass is 494 g/mol. The Kier molecular flexibility index (Phi) is 11.2. The van der Waals surface area contributed by atoms with Crippen LogP contribution < -0.4 is 0 Å². The maximum atomic E-state index is 11.6. The molecule has 0 amide bonds. The van der Waals surface area contributed by atoms with Crippen molar-refractivity contribution in [2.24, 2.45) is 5.92 Å². The minimum absolute atomic E-state index is 0.0736. The molecule has 33 heavy (non-hydrogen) atoms. The van der Waals surface area contributed by atoms with Crippen LogP contribution in [0.25, 0.3) is 0 Å². The molecule has 0 aromatic heterocycles. The molecule has 0 fully saturated rings. The highest BCUT2D eigenvalue weighted by atomic mass is 28.4. The molecule has 0 N–H and O–H groups in total. The number of aldehydes is 1. The molecule has 0 saturated carbocycles. The quantitative estimate of drug-likeness (QED) is 0.161. The molecular formula is C27H50O4Si2. The smallest absolute Gasteiger partial charge is 0.192 e. The van der Waals surface area contributed by atoms with E-state index in [1.165, 1.54) is 5.56 Å². The van der Waals surface area contributed by atoms with E-state index in [-0.39, 0.29) is 28.2 Å². The Morgan fingerprint density at radius 2 is 1.33 bits per heavy atom. The van der Waals surface area contributed by atoms with Crippen molar-refractivity contribution in [3.63, 3.8) is 0 Å². The van der Waals surface area contributed by atoms with Gasteiger partial charge in [0.05, 0.1) is 18.8 Å². The lowest BCUT2D eigenvalue weighted by Gasteiger charge is -2.45. The van der Waals surface area contributed by atoms with E-state index in [1.807, 2.05) is 25.1 Å². The van der Waals surface area contributed by atoms with E-state index in [2.05, 4.69) is 79.9 Å². The number of carbonyl (C=O) groups is 1. The average Bonchev–Trinajstić information content (AvgIpc) is 2.68. The van der Waals surface area contributed by atoms with Crippen molar-refractivity contribution in [2.45, 2.75) is 116 Å². The molecule has 1 rings (SSSR count). The third-order valence-electron chi connectivity index (χ3n) is 7.41. The van der Waals surface area contributed by atoms with Crippen molar-refractivity contribution < 1.29 is 18.4 Å². The zero-order valence-corrected chi connectivity index (χ0v) is 25.2. The van der Waals surface area contributed by atoms with Crippen LogP contribution in [0.15, 0.2) is 30.3 Å². The van der Waals surface area contributed by atoms with Gasteiger partial charge in [0.15, 0.2) is 16.6 Å². The third kappa shape index (κ3) is 9.77. The summed E-state index contributed by atoms with van der Waals surface area (Å²) in [5.41, 5.74) is 1.17. The predicted molar refractivity (Wildman–Crippen MR) is 145 cm³/mol. The maximum absolute atomic E-state index is 11.6. The van der Waals surface area contributed by atoms with Gasteiger partial charge in [-0.2, -0.15) is 0 Å². The first-order valence-electron chi connectivity index (χ1n) is 12.4. The van der Waals surface area contributed by atoms with Crippen LogP contribution in [0, 0.1) is 5.92 Å². The maximum Gasteiger partial charge on any atom is 0.192 e. The van der Waals surface area contributed by atoms with Gasteiger partial charge in [0.2, 0.25) is 0 Å². The summed E-state index contributed by atoms with van der Waals surface area (Å²) in [4.78, 5) is 11.6. The summed E-state index contributed by atoms with van der Waals surface area (Å²) in [5.74, 6) is -0.0736. The number of benzene rings is 1. The van der Waals surface area contributed by atoms with Crippen LogP contribution in [0.3, 0.4) is 0 Å². The van der Waals surface area contributed by atoms with Crippen molar-refractivity contribution in [3.05, 3.63) is 35.9 Å². The Morgan fingerprint density at radius 1 is 0.848 bits per heavy atom. The normalized spacial score (nSPS) is 16.3. The third-order valence-corrected chi connectivity index (χ3v) is 16.4. The van der Waals surface area contributed by atoms with Gasteiger partial charge in [-0.05, 0) is 54.7 Å². The van der Waals surface area contributed by atoms with Gasteiger partial charge in [-0.1, -0.05) is 78.8 Å². The second kappa shape index (κ2) is 12.3. The summed E-state index contributed by atoms with van der Waals surface area (Å²) < 4.78 is 19.9. The fraction of sp³-hybridized carbons (Fsp3) is 0.741. The fourth-order valence-electron chi connectivity index (χ4n) is 3.09. The van der Waals surface area contributed by atoms with E-state index in [0.29, 0.717) is 19.6 Å². The molecule has 1 aromatic carbocycles. The summed E-state index contributed by atoms with van der Waals surface area (Å²) in [6, 6.07) is 10.2. The number of ether oxygens (including phenoxy) is 1. The largest absolute Gasteiger partial charge is 0.411 e. The van der Waals surface area contributed by atoms with Crippen molar-refractivity contribution in [1.29, 1.82) is 0 Å². The standard InChI is InChI=1S/C27H50O4Si2/c1-22(20-28)19-25(31-33(10,11)27(5,6)7)24(30-32(8,9)26(2,3)4)17-18-29-21-23-15-13-12-14-16-23/h12-16,20,22,24-25H,17-19,21H2,1-11H3/t22-,24-,25-/m0/s1. The van der Waals surface area contributed by atoms with E-state index in [9.17, 15) is 4.79 Å².